The van der Waals surface area contributed by atoms with Crippen LogP contribution in [0, 0.1) is 20.8 Å². The number of ether oxygens (including phenoxy) is 1. The van der Waals surface area contributed by atoms with E-state index >= 15 is 0 Å². The van der Waals surface area contributed by atoms with E-state index in [1.54, 1.807) is 0 Å². The molecule has 1 aliphatic heterocycles. The highest BCUT2D eigenvalue weighted by Gasteiger charge is 2.43. The fraction of sp³-hybridized carbons (Fsp3) is 0.267. The summed E-state index contributed by atoms with van der Waals surface area (Å²) < 4.78 is 30.2. The molecule has 0 bridgehead atoms. The highest BCUT2D eigenvalue weighted by Crippen LogP contribution is 2.64. The predicted octanol–water partition coefficient (Wildman–Crippen LogP) is 17.6. The van der Waals surface area contributed by atoms with E-state index in [1.807, 2.05) is 0 Å². The SMILES string of the molecule is CC1=CC(P(Oc2cc(C(C)(C)C)cc3c2Oc2c(OP(n4cc(C)c5ccccc54)n4cc(C)c5ccccc54)cc(C(C)(C)C)cc2C3(C)C)n2cc(C)c3ccccc32)c2ccccc21. The number of para-hydroxylation sites is 3. The minimum Gasteiger partial charge on any atom is -0.449 e. The second kappa shape index (κ2) is 16.0. The van der Waals surface area contributed by atoms with Gasteiger partial charge in [-0.25, -0.2) is 0 Å². The zero-order valence-electron chi connectivity index (χ0n) is 41.4. The Hall–Kier alpha value is -6.06. The minimum absolute atomic E-state index is 0.00531. The summed E-state index contributed by atoms with van der Waals surface area (Å²) in [6, 6.07) is 44.1. The van der Waals surface area contributed by atoms with Crippen LogP contribution in [0.15, 0.2) is 146 Å². The van der Waals surface area contributed by atoms with Crippen LogP contribution in [0.5, 0.6) is 23.0 Å². The van der Waals surface area contributed by atoms with Gasteiger partial charge >= 0.3 is 8.45 Å². The lowest BCUT2D eigenvalue weighted by molar-refractivity contribution is 0.382. The Morgan fingerprint density at radius 1 is 0.529 bits per heavy atom. The molecule has 0 saturated heterocycles. The molecule has 11 rings (SSSR count). The zero-order chi connectivity index (χ0) is 47.6. The summed E-state index contributed by atoms with van der Waals surface area (Å²) in [6.45, 7) is 27.2. The summed E-state index contributed by atoms with van der Waals surface area (Å²) in [5.41, 5.74) is 14.6. The lowest BCUT2D eigenvalue weighted by Crippen LogP contribution is -2.27. The van der Waals surface area contributed by atoms with Crippen molar-refractivity contribution in [3.05, 3.63) is 196 Å². The molecule has 2 atom stereocenters. The molecule has 2 unspecified atom stereocenters. The fourth-order valence-corrected chi connectivity index (χ4v) is 14.6. The van der Waals surface area contributed by atoms with E-state index in [-0.39, 0.29) is 16.5 Å². The molecule has 4 heterocycles. The van der Waals surface area contributed by atoms with Gasteiger partial charge in [0, 0.05) is 51.3 Å². The number of allylic oxidation sites excluding steroid dienone is 2. The first-order chi connectivity index (χ1) is 32.4. The van der Waals surface area contributed by atoms with Crippen molar-refractivity contribution in [2.75, 3.05) is 0 Å². The third-order valence-electron chi connectivity index (χ3n) is 14.4. The minimum atomic E-state index is -1.55. The Labute approximate surface area is 404 Å². The molecule has 6 nitrogen and oxygen atoms in total. The molecule has 0 fully saturated rings. The van der Waals surface area contributed by atoms with E-state index in [0.717, 1.165) is 39.4 Å². The Morgan fingerprint density at radius 3 is 1.46 bits per heavy atom. The number of benzene rings is 6. The normalized spacial score (nSPS) is 15.9. The van der Waals surface area contributed by atoms with Crippen LogP contribution in [0.4, 0.5) is 0 Å². The number of rotatable bonds is 8. The van der Waals surface area contributed by atoms with Gasteiger partial charge in [-0.05, 0) is 113 Å². The molecular formula is C60H61N3O3P2. The van der Waals surface area contributed by atoms with Gasteiger partial charge < -0.3 is 13.8 Å². The van der Waals surface area contributed by atoms with E-state index in [2.05, 4.69) is 242 Å². The van der Waals surface area contributed by atoms with Gasteiger partial charge in [0.25, 0.3) is 0 Å². The van der Waals surface area contributed by atoms with Crippen LogP contribution in [0.25, 0.3) is 38.3 Å². The lowest BCUT2D eigenvalue weighted by Gasteiger charge is -2.39. The Morgan fingerprint density at radius 2 is 0.956 bits per heavy atom. The first kappa shape index (κ1) is 44.4. The predicted molar refractivity (Wildman–Crippen MR) is 287 cm³/mol. The standard InChI is InChI=1S/C60H61N3O3P2/c1-37-29-55(47-25-14-13-21-43(37)47)67(61-34-38(2)44-22-15-18-26-50(44)61)65-53-32-41(58(5,6)7)30-48-56(53)64-57-49(60(48,11)12)31-42(59(8,9)10)33-54(57)66-68(62-35-39(3)45-23-16-19-27-51(45)62)63-36-40(4)46-24-17-20-28-52(46)63/h13-36,55H,1-12H3. The molecule has 0 spiro atoms. The lowest BCUT2D eigenvalue weighted by atomic mass is 9.72. The quantitative estimate of drug-likeness (QED) is 0.143. The van der Waals surface area contributed by atoms with E-state index in [1.165, 1.54) is 66.2 Å². The first-order valence-electron chi connectivity index (χ1n) is 23.9. The molecule has 344 valence electrons. The number of hydrogen-bond acceptors (Lipinski definition) is 3. The molecule has 9 aromatic rings. The second-order valence-corrected chi connectivity index (χ2v) is 24.9. The van der Waals surface area contributed by atoms with Gasteiger partial charge in [-0.3, -0.25) is 13.0 Å². The molecule has 68 heavy (non-hydrogen) atoms. The van der Waals surface area contributed by atoms with E-state index in [9.17, 15) is 0 Å². The topological polar surface area (TPSA) is 42.5 Å². The Balaban J connectivity index is 1.13. The van der Waals surface area contributed by atoms with Crippen molar-refractivity contribution < 1.29 is 13.8 Å². The summed E-state index contributed by atoms with van der Waals surface area (Å²) >= 11 is 0. The maximum atomic E-state index is 7.81. The summed E-state index contributed by atoms with van der Waals surface area (Å²) in [5, 5.41) is 3.65. The van der Waals surface area contributed by atoms with E-state index in [0.29, 0.717) is 5.75 Å². The highest BCUT2D eigenvalue weighted by atomic mass is 31.2. The van der Waals surface area contributed by atoms with Crippen LogP contribution in [0.3, 0.4) is 0 Å². The van der Waals surface area contributed by atoms with Gasteiger partial charge in [-0.15, -0.1) is 0 Å². The van der Waals surface area contributed by atoms with Gasteiger partial charge in [0.05, 0.1) is 22.2 Å². The van der Waals surface area contributed by atoms with Gasteiger partial charge in [0.1, 0.15) is 0 Å². The summed E-state index contributed by atoms with van der Waals surface area (Å²) in [7, 11) is -2.95. The van der Waals surface area contributed by atoms with Crippen LogP contribution < -0.4 is 13.8 Å². The van der Waals surface area contributed by atoms with Crippen molar-refractivity contribution in [3.63, 3.8) is 0 Å². The largest absolute Gasteiger partial charge is 0.449 e. The fourth-order valence-electron chi connectivity index (χ4n) is 10.4. The number of nitrogens with zero attached hydrogens (tertiary/aromatic N) is 3. The molecule has 1 aliphatic carbocycles. The van der Waals surface area contributed by atoms with Crippen LogP contribution in [0.2, 0.25) is 0 Å². The second-order valence-electron chi connectivity index (χ2n) is 21.6. The van der Waals surface area contributed by atoms with Gasteiger partial charge in [0.2, 0.25) is 8.30 Å². The van der Waals surface area contributed by atoms with E-state index in [4.69, 9.17) is 13.8 Å². The average molecular weight is 934 g/mol. The van der Waals surface area contributed by atoms with Crippen molar-refractivity contribution in [2.45, 2.75) is 105 Å². The van der Waals surface area contributed by atoms with E-state index < -0.39 is 22.2 Å². The van der Waals surface area contributed by atoms with Gasteiger partial charge in [-0.1, -0.05) is 152 Å². The van der Waals surface area contributed by atoms with Crippen molar-refractivity contribution >= 4 is 55.0 Å². The Bertz CT molecular complexity index is 3440. The average Bonchev–Trinajstić information content (AvgIpc) is 4.04. The number of fused-ring (bicyclic) bond motifs is 6. The molecule has 0 saturated carbocycles. The Kier molecular flexibility index (Phi) is 10.5. The molecular weight excluding hydrogens is 873 g/mol. The summed E-state index contributed by atoms with van der Waals surface area (Å²) in [6.07, 6.45) is 9.23. The van der Waals surface area contributed by atoms with Crippen LogP contribution >= 0.6 is 16.7 Å². The highest BCUT2D eigenvalue weighted by molar-refractivity contribution is 7.52. The third kappa shape index (κ3) is 7.21. The third-order valence-corrected chi connectivity index (χ3v) is 18.2. The number of aryl methyl sites for hydroxylation is 3. The molecule has 6 aromatic carbocycles. The summed E-state index contributed by atoms with van der Waals surface area (Å²) in [4.78, 5) is 0. The number of hydrogen-bond donors (Lipinski definition) is 0. The smallest absolute Gasteiger partial charge is 0.318 e. The van der Waals surface area contributed by atoms with Crippen molar-refractivity contribution in [1.82, 2.24) is 13.0 Å². The van der Waals surface area contributed by atoms with Gasteiger partial charge in [-0.2, -0.15) is 0 Å². The molecule has 0 radical (unpaired) electrons. The first-order valence-corrected chi connectivity index (χ1v) is 26.3. The number of aromatic nitrogens is 3. The van der Waals surface area contributed by atoms with Crippen molar-refractivity contribution in [3.8, 4) is 23.0 Å². The van der Waals surface area contributed by atoms with Gasteiger partial charge in [0.15, 0.2) is 23.0 Å². The van der Waals surface area contributed by atoms with Crippen LogP contribution in [0.1, 0.15) is 118 Å². The maximum absolute atomic E-state index is 7.81. The zero-order valence-corrected chi connectivity index (χ0v) is 43.2. The summed E-state index contributed by atoms with van der Waals surface area (Å²) in [5.74, 6) is 2.93. The molecule has 3 aromatic heterocycles. The monoisotopic (exact) mass is 933 g/mol. The maximum Gasteiger partial charge on any atom is 0.318 e. The molecule has 2 aliphatic rings. The van der Waals surface area contributed by atoms with Crippen molar-refractivity contribution in [1.29, 1.82) is 0 Å². The van der Waals surface area contributed by atoms with Crippen molar-refractivity contribution in [2.24, 2.45) is 0 Å². The molecule has 0 amide bonds. The van der Waals surface area contributed by atoms with Crippen LogP contribution in [-0.4, -0.2) is 13.0 Å². The molecule has 8 heteroatoms. The molecule has 0 N–H and O–H groups in total. The van der Waals surface area contributed by atoms with Crippen LogP contribution in [-0.2, 0) is 16.2 Å².